The molecule has 42 heavy (non-hydrogen) atoms. The highest BCUT2D eigenvalue weighted by Gasteiger charge is 2.39. The molecule has 0 aromatic heterocycles. The first-order valence-electron chi connectivity index (χ1n) is 10.9. The van der Waals surface area contributed by atoms with Gasteiger partial charge in [0.25, 0.3) is 0 Å². The van der Waals surface area contributed by atoms with Gasteiger partial charge in [-0.1, -0.05) is 46.2 Å². The molecule has 18 heteroatoms. The summed E-state index contributed by atoms with van der Waals surface area (Å²) in [4.78, 5) is -1.99. The van der Waals surface area contributed by atoms with Crippen LogP contribution in [0.15, 0.2) is 92.9 Å². The van der Waals surface area contributed by atoms with E-state index in [1.807, 2.05) is 0 Å². The van der Waals surface area contributed by atoms with Crippen molar-refractivity contribution in [2.75, 3.05) is 7.11 Å². The van der Waals surface area contributed by atoms with Crippen LogP contribution in [0.5, 0.6) is 5.75 Å². The van der Waals surface area contributed by atoms with Gasteiger partial charge in [0, 0.05) is 11.1 Å². The first-order valence-corrected chi connectivity index (χ1v) is 13.7. The van der Waals surface area contributed by atoms with Gasteiger partial charge < -0.3 is 10.2 Å². The predicted octanol–water partition coefficient (Wildman–Crippen LogP) is 4.52. The molecule has 0 fully saturated rings. The van der Waals surface area contributed by atoms with Crippen molar-refractivity contribution in [2.24, 2.45) is 10.3 Å². The average molecular weight is 643 g/mol. The van der Waals surface area contributed by atoms with E-state index in [1.165, 1.54) is 19.2 Å². The summed E-state index contributed by atoms with van der Waals surface area (Å²) in [6.07, 6.45) is -10.3. The molecule has 0 aliphatic heterocycles. The van der Waals surface area contributed by atoms with Crippen LogP contribution in [0, 0.1) is 6.92 Å². The van der Waals surface area contributed by atoms with Gasteiger partial charge in [-0.15, -0.1) is 0 Å². The van der Waals surface area contributed by atoms with Crippen LogP contribution in [0.4, 0.5) is 26.3 Å². The summed E-state index contributed by atoms with van der Waals surface area (Å²) in [6, 6.07) is 11.6. The Morgan fingerprint density at radius 1 is 0.667 bits per heavy atom. The van der Waals surface area contributed by atoms with Gasteiger partial charge in [-0.25, -0.2) is 0 Å². The van der Waals surface area contributed by atoms with Crippen molar-refractivity contribution in [1.82, 2.24) is 0 Å². The minimum Gasteiger partial charge on any atom is -0.497 e. The van der Waals surface area contributed by atoms with Crippen LogP contribution < -0.4 is 4.74 Å². The van der Waals surface area contributed by atoms with Crippen molar-refractivity contribution in [2.45, 2.75) is 29.1 Å². The number of benzene rings is 3. The third-order valence-corrected chi connectivity index (χ3v) is 7.27. The van der Waals surface area contributed by atoms with Crippen molar-refractivity contribution in [3.05, 3.63) is 89.5 Å². The quantitative estimate of drug-likeness (QED) is 0.189. The molecule has 0 saturated carbocycles. The van der Waals surface area contributed by atoms with Gasteiger partial charge >= 0.3 is 32.6 Å². The summed E-state index contributed by atoms with van der Waals surface area (Å²) < 4.78 is 145. The van der Waals surface area contributed by atoms with Gasteiger partial charge in [0.1, 0.15) is 15.5 Å². The highest BCUT2D eigenvalue weighted by molar-refractivity contribution is 7.87. The molecule has 0 aliphatic rings. The second-order valence-electron chi connectivity index (χ2n) is 8.00. The summed E-state index contributed by atoms with van der Waals surface area (Å²) in [5.41, 5.74) is -3.91. The number of methoxy groups -OCH3 is 1. The Kier molecular flexibility index (Phi) is 10.4. The molecule has 0 saturated heterocycles. The van der Waals surface area contributed by atoms with E-state index in [1.54, 1.807) is 6.92 Å². The van der Waals surface area contributed by atoms with E-state index >= 15 is 0 Å². The summed E-state index contributed by atoms with van der Waals surface area (Å²) in [5, 5.41) is 5.46. The number of rotatable bonds is 9. The number of halogens is 6. The Bertz CT molecular complexity index is 1670. The lowest BCUT2D eigenvalue weighted by atomic mass is 10.1. The molecule has 0 heterocycles. The van der Waals surface area contributed by atoms with Crippen LogP contribution in [0.25, 0.3) is 0 Å². The maximum Gasteiger partial charge on any atom is 0.437 e. The molecule has 0 amide bonds. The van der Waals surface area contributed by atoms with Crippen molar-refractivity contribution in [3.8, 4) is 5.75 Å². The van der Waals surface area contributed by atoms with Crippen LogP contribution in [0.3, 0.4) is 0 Å². The van der Waals surface area contributed by atoms with Crippen molar-refractivity contribution in [1.29, 1.82) is 0 Å². The molecule has 3 rings (SSSR count). The molecule has 0 unspecified atom stereocenters. The van der Waals surface area contributed by atoms with E-state index < -0.39 is 64.9 Å². The Morgan fingerprint density at radius 3 is 1.40 bits per heavy atom. The topological polar surface area (TPSA) is 152 Å². The lowest BCUT2D eigenvalue weighted by Gasteiger charge is -2.12. The van der Waals surface area contributed by atoms with Crippen molar-refractivity contribution < 1.29 is 62.0 Å². The van der Waals surface area contributed by atoms with Crippen molar-refractivity contribution in [3.63, 3.8) is 0 Å². The van der Waals surface area contributed by atoms with E-state index in [2.05, 4.69) is 18.9 Å². The lowest BCUT2D eigenvalue weighted by Crippen LogP contribution is -2.25. The smallest absolute Gasteiger partial charge is 0.437 e. The zero-order valence-corrected chi connectivity index (χ0v) is 22.9. The molecule has 0 aliphatic carbocycles. The first kappa shape index (κ1) is 34.0. The molecule has 0 bridgehead atoms. The number of alkyl halides is 6. The number of oxime groups is 2. The Labute approximate surface area is 235 Å². The maximum absolute atomic E-state index is 13.5. The van der Waals surface area contributed by atoms with Crippen LogP contribution >= 0.6 is 0 Å². The lowest BCUT2D eigenvalue weighted by molar-refractivity contribution is -0.0606. The standard InChI is InChI=1S/C24H18F6N2O7S2.H2O/c1-15-6-8-16(9-7-15)21(23(25,26)27)31-38-40(33,34)19-4-3-5-20(14-19)41(35,36)39-32-22(24(28,29)30)17-10-12-18(37-2)13-11-17;/h3-14H,1-2H3;1H2/b31-21-,32-22-;. The average Bonchev–Trinajstić information content (AvgIpc) is 2.89. The van der Waals surface area contributed by atoms with Crippen LogP contribution in [0.1, 0.15) is 16.7 Å². The van der Waals surface area contributed by atoms with Gasteiger partial charge in [-0.3, -0.25) is 8.57 Å². The monoisotopic (exact) mass is 642 g/mol. The zero-order chi connectivity index (χ0) is 30.6. The number of aryl methyl sites for hydroxylation is 1. The molecule has 3 aromatic rings. The summed E-state index contributed by atoms with van der Waals surface area (Å²) >= 11 is 0. The van der Waals surface area contributed by atoms with E-state index in [9.17, 15) is 43.2 Å². The third kappa shape index (κ3) is 8.43. The van der Waals surface area contributed by atoms with Gasteiger partial charge in [0.05, 0.1) is 7.11 Å². The molecule has 10 nitrogen and oxygen atoms in total. The first-order chi connectivity index (χ1) is 18.9. The summed E-state index contributed by atoms with van der Waals surface area (Å²) in [5.74, 6) is 0.203. The van der Waals surface area contributed by atoms with Gasteiger partial charge in [-0.05, 0) is 49.4 Å². The number of nitrogens with zero attached hydrogens (tertiary/aromatic N) is 2. The normalized spacial score (nSPS) is 13.2. The predicted molar refractivity (Wildman–Crippen MR) is 136 cm³/mol. The van der Waals surface area contributed by atoms with E-state index in [0.717, 1.165) is 54.6 Å². The number of hydrogen-bond acceptors (Lipinski definition) is 9. The molecule has 0 atom stereocenters. The van der Waals surface area contributed by atoms with Gasteiger partial charge in [0.15, 0.2) is 11.4 Å². The molecule has 2 N–H and O–H groups in total. The molecule has 0 radical (unpaired) electrons. The summed E-state index contributed by atoms with van der Waals surface area (Å²) in [7, 11) is -9.05. The molecular formula is C24H20F6N2O8S2. The Morgan fingerprint density at radius 2 is 1.05 bits per heavy atom. The second kappa shape index (κ2) is 12.8. The second-order valence-corrected chi connectivity index (χ2v) is 11.1. The van der Waals surface area contributed by atoms with E-state index in [-0.39, 0.29) is 11.2 Å². The minimum atomic E-state index is -5.17. The van der Waals surface area contributed by atoms with Crippen LogP contribution in [-0.2, 0) is 28.8 Å². The zero-order valence-electron chi connectivity index (χ0n) is 21.3. The fourth-order valence-electron chi connectivity index (χ4n) is 3.04. The van der Waals surface area contributed by atoms with E-state index in [4.69, 9.17) is 4.74 Å². The highest BCUT2D eigenvalue weighted by atomic mass is 32.2. The Balaban J connectivity index is 0.00000616. The molecule has 3 aromatic carbocycles. The number of hydrogen-bond donors (Lipinski definition) is 0. The fourth-order valence-corrected chi connectivity index (χ4v) is 4.67. The van der Waals surface area contributed by atoms with Crippen molar-refractivity contribution >= 4 is 31.7 Å². The molecule has 228 valence electrons. The van der Waals surface area contributed by atoms with Gasteiger partial charge in [0.2, 0.25) is 0 Å². The fraction of sp³-hybridized carbons (Fsp3) is 0.167. The number of ether oxygens (including phenoxy) is 1. The third-order valence-electron chi connectivity index (χ3n) is 5.06. The maximum atomic E-state index is 13.5. The largest absolute Gasteiger partial charge is 0.497 e. The highest BCUT2D eigenvalue weighted by Crippen LogP contribution is 2.27. The summed E-state index contributed by atoms with van der Waals surface area (Å²) in [6.45, 7) is 1.61. The SMILES string of the molecule is COc1ccc(/C(=N/OS(=O)(=O)c2cccc(S(=O)(=O)O/N=C(/c3ccc(C)cc3)C(F)(F)F)c2)C(F)(F)F)cc1.O. The van der Waals surface area contributed by atoms with Gasteiger partial charge in [-0.2, -0.15) is 43.2 Å². The van der Waals surface area contributed by atoms with Crippen LogP contribution in [0.2, 0.25) is 0 Å². The molecular weight excluding hydrogens is 622 g/mol. The minimum absolute atomic E-state index is 0. The Hall–Kier alpha value is -4.16. The molecule has 0 spiro atoms. The van der Waals surface area contributed by atoms with Crippen LogP contribution in [-0.4, -0.2) is 53.2 Å². The van der Waals surface area contributed by atoms with E-state index in [0.29, 0.717) is 11.6 Å².